The van der Waals surface area contributed by atoms with Gasteiger partial charge in [-0.05, 0) is 12.1 Å². The van der Waals surface area contributed by atoms with Gasteiger partial charge in [0.2, 0.25) is 0 Å². The minimum Gasteiger partial charge on any atom is -0.496 e. The van der Waals surface area contributed by atoms with E-state index < -0.39 is 5.97 Å². The number of carbonyl (C=O) groups is 1. The Balaban J connectivity index is 2.68. The van der Waals surface area contributed by atoms with Gasteiger partial charge >= 0.3 is 5.97 Å². The van der Waals surface area contributed by atoms with Crippen LogP contribution < -0.4 is 4.74 Å². The normalized spacial score (nSPS) is 10.2. The Morgan fingerprint density at radius 1 is 1.37 bits per heavy atom. The summed E-state index contributed by atoms with van der Waals surface area (Å²) >= 11 is 0. The Labute approximate surface area is 110 Å². The number of hydrogen-bond acceptors (Lipinski definition) is 4. The SMILES string of the molecule is CCc1ncc(C(=O)O)c(-c2ccccc2OC)n1. The molecule has 19 heavy (non-hydrogen) atoms. The number of para-hydroxylation sites is 1. The summed E-state index contributed by atoms with van der Waals surface area (Å²) in [5, 5.41) is 9.23. The zero-order valence-electron chi connectivity index (χ0n) is 10.8. The molecule has 0 saturated carbocycles. The highest BCUT2D eigenvalue weighted by Gasteiger charge is 2.17. The van der Waals surface area contributed by atoms with Crippen molar-refractivity contribution in [2.75, 3.05) is 7.11 Å². The molecule has 1 aromatic carbocycles. The fourth-order valence-electron chi connectivity index (χ4n) is 1.79. The number of aromatic nitrogens is 2. The fourth-order valence-corrected chi connectivity index (χ4v) is 1.79. The van der Waals surface area contributed by atoms with E-state index in [0.29, 0.717) is 29.3 Å². The number of benzene rings is 1. The zero-order chi connectivity index (χ0) is 13.8. The summed E-state index contributed by atoms with van der Waals surface area (Å²) in [4.78, 5) is 19.6. The van der Waals surface area contributed by atoms with Gasteiger partial charge in [-0.2, -0.15) is 0 Å². The number of carboxylic acid groups (broad SMARTS) is 1. The molecule has 5 nitrogen and oxygen atoms in total. The lowest BCUT2D eigenvalue weighted by Gasteiger charge is -2.10. The summed E-state index contributed by atoms with van der Waals surface area (Å²) in [6.45, 7) is 1.92. The van der Waals surface area contributed by atoms with Gasteiger partial charge in [0.05, 0.1) is 12.8 Å². The summed E-state index contributed by atoms with van der Waals surface area (Å²) in [6, 6.07) is 7.20. The third kappa shape index (κ3) is 2.54. The molecule has 2 aromatic rings. The van der Waals surface area contributed by atoms with E-state index in [9.17, 15) is 9.90 Å². The van der Waals surface area contributed by atoms with Gasteiger partial charge in [-0.1, -0.05) is 19.1 Å². The molecular formula is C14H14N2O3. The lowest BCUT2D eigenvalue weighted by molar-refractivity contribution is 0.0697. The molecular weight excluding hydrogens is 244 g/mol. The second-order valence-electron chi connectivity index (χ2n) is 3.91. The van der Waals surface area contributed by atoms with Crippen molar-refractivity contribution in [3.05, 3.63) is 41.9 Å². The highest BCUT2D eigenvalue weighted by molar-refractivity contribution is 5.95. The van der Waals surface area contributed by atoms with Crippen molar-refractivity contribution in [1.29, 1.82) is 0 Å². The van der Waals surface area contributed by atoms with Gasteiger partial charge in [0, 0.05) is 18.2 Å². The van der Waals surface area contributed by atoms with E-state index in [1.54, 1.807) is 19.2 Å². The number of aryl methyl sites for hydroxylation is 1. The van der Waals surface area contributed by atoms with Crippen LogP contribution in [0.4, 0.5) is 0 Å². The smallest absolute Gasteiger partial charge is 0.339 e. The molecule has 0 saturated heterocycles. The van der Waals surface area contributed by atoms with Crippen LogP contribution in [0.3, 0.4) is 0 Å². The maximum Gasteiger partial charge on any atom is 0.339 e. The summed E-state index contributed by atoms with van der Waals surface area (Å²) in [7, 11) is 1.54. The van der Waals surface area contributed by atoms with E-state index >= 15 is 0 Å². The molecule has 0 aliphatic carbocycles. The lowest BCUT2D eigenvalue weighted by Crippen LogP contribution is -2.06. The van der Waals surface area contributed by atoms with E-state index in [0.717, 1.165) is 0 Å². The number of rotatable bonds is 4. The Bertz CT molecular complexity index is 611. The molecule has 1 heterocycles. The zero-order valence-corrected chi connectivity index (χ0v) is 10.8. The van der Waals surface area contributed by atoms with Gasteiger partial charge in [-0.25, -0.2) is 14.8 Å². The molecule has 98 valence electrons. The summed E-state index contributed by atoms with van der Waals surface area (Å²) in [6.07, 6.45) is 1.98. The van der Waals surface area contributed by atoms with Crippen LogP contribution in [-0.4, -0.2) is 28.2 Å². The first kappa shape index (κ1) is 13.0. The highest BCUT2D eigenvalue weighted by Crippen LogP contribution is 2.30. The molecule has 0 aliphatic rings. The van der Waals surface area contributed by atoms with E-state index in [4.69, 9.17) is 4.74 Å². The van der Waals surface area contributed by atoms with Crippen LogP contribution in [0.15, 0.2) is 30.5 Å². The maximum atomic E-state index is 11.3. The number of aromatic carboxylic acids is 1. The van der Waals surface area contributed by atoms with Crippen LogP contribution in [0.25, 0.3) is 11.3 Å². The summed E-state index contributed by atoms with van der Waals surface area (Å²) < 4.78 is 5.25. The average Bonchev–Trinajstić information content (AvgIpc) is 2.46. The van der Waals surface area contributed by atoms with Crippen molar-refractivity contribution in [2.45, 2.75) is 13.3 Å². The molecule has 0 spiro atoms. The topological polar surface area (TPSA) is 72.3 Å². The first-order chi connectivity index (χ1) is 9.17. The van der Waals surface area contributed by atoms with Crippen molar-refractivity contribution in [3.63, 3.8) is 0 Å². The number of carboxylic acids is 1. The maximum absolute atomic E-state index is 11.3. The first-order valence-corrected chi connectivity index (χ1v) is 5.90. The van der Waals surface area contributed by atoms with Crippen LogP contribution in [0.2, 0.25) is 0 Å². The van der Waals surface area contributed by atoms with E-state index in [1.807, 2.05) is 19.1 Å². The van der Waals surface area contributed by atoms with Gasteiger partial charge in [0.1, 0.15) is 17.1 Å². The Morgan fingerprint density at radius 2 is 2.11 bits per heavy atom. The van der Waals surface area contributed by atoms with Crippen LogP contribution in [-0.2, 0) is 6.42 Å². The third-order valence-corrected chi connectivity index (χ3v) is 2.75. The molecule has 0 amide bonds. The van der Waals surface area contributed by atoms with Crippen molar-refractivity contribution >= 4 is 5.97 Å². The summed E-state index contributed by atoms with van der Waals surface area (Å²) in [5.41, 5.74) is 1.11. The number of methoxy groups -OCH3 is 1. The quantitative estimate of drug-likeness (QED) is 0.911. The Hall–Kier alpha value is -2.43. The molecule has 0 aliphatic heterocycles. The van der Waals surface area contributed by atoms with Gasteiger partial charge < -0.3 is 9.84 Å². The van der Waals surface area contributed by atoms with Crippen molar-refractivity contribution in [1.82, 2.24) is 9.97 Å². The molecule has 0 radical (unpaired) electrons. The van der Waals surface area contributed by atoms with Crippen molar-refractivity contribution in [2.24, 2.45) is 0 Å². The largest absolute Gasteiger partial charge is 0.496 e. The van der Waals surface area contributed by atoms with Crippen molar-refractivity contribution in [3.8, 4) is 17.0 Å². The van der Waals surface area contributed by atoms with Crippen molar-refractivity contribution < 1.29 is 14.6 Å². The van der Waals surface area contributed by atoms with E-state index in [1.165, 1.54) is 6.20 Å². The first-order valence-electron chi connectivity index (χ1n) is 5.90. The standard InChI is InChI=1S/C14H14N2O3/c1-3-12-15-8-10(14(17)18)13(16-12)9-6-4-5-7-11(9)19-2/h4-8H,3H2,1-2H3,(H,17,18). The number of nitrogens with zero attached hydrogens (tertiary/aromatic N) is 2. The second-order valence-corrected chi connectivity index (χ2v) is 3.91. The lowest BCUT2D eigenvalue weighted by atomic mass is 10.1. The predicted molar refractivity (Wildman–Crippen MR) is 70.4 cm³/mol. The molecule has 1 aromatic heterocycles. The highest BCUT2D eigenvalue weighted by atomic mass is 16.5. The van der Waals surface area contributed by atoms with Crippen LogP contribution in [0, 0.1) is 0 Å². The molecule has 5 heteroatoms. The van der Waals surface area contributed by atoms with Crippen LogP contribution in [0.5, 0.6) is 5.75 Å². The predicted octanol–water partition coefficient (Wildman–Crippen LogP) is 2.41. The monoisotopic (exact) mass is 258 g/mol. The molecule has 0 unspecified atom stereocenters. The van der Waals surface area contributed by atoms with Gasteiger partial charge in [0.15, 0.2) is 0 Å². The molecule has 0 atom stereocenters. The molecule has 0 bridgehead atoms. The minimum absolute atomic E-state index is 0.0710. The number of hydrogen-bond donors (Lipinski definition) is 1. The van der Waals surface area contributed by atoms with Crippen LogP contribution >= 0.6 is 0 Å². The van der Waals surface area contributed by atoms with Gasteiger partial charge in [-0.3, -0.25) is 0 Å². The second kappa shape index (κ2) is 5.48. The molecule has 0 fully saturated rings. The van der Waals surface area contributed by atoms with E-state index in [2.05, 4.69) is 9.97 Å². The third-order valence-electron chi connectivity index (χ3n) is 2.75. The number of ether oxygens (including phenoxy) is 1. The Kier molecular flexibility index (Phi) is 3.75. The van der Waals surface area contributed by atoms with Crippen LogP contribution in [0.1, 0.15) is 23.1 Å². The average molecular weight is 258 g/mol. The molecule has 2 rings (SSSR count). The van der Waals surface area contributed by atoms with E-state index in [-0.39, 0.29) is 5.56 Å². The Morgan fingerprint density at radius 3 is 2.74 bits per heavy atom. The fraction of sp³-hybridized carbons (Fsp3) is 0.214. The minimum atomic E-state index is -1.05. The molecule has 1 N–H and O–H groups in total. The van der Waals surface area contributed by atoms with Gasteiger partial charge in [0.25, 0.3) is 0 Å². The summed E-state index contributed by atoms with van der Waals surface area (Å²) in [5.74, 6) is 0.139. The van der Waals surface area contributed by atoms with Gasteiger partial charge in [-0.15, -0.1) is 0 Å².